The van der Waals surface area contributed by atoms with E-state index in [-0.39, 0.29) is 0 Å². The molecule has 0 aromatic rings. The second-order valence-electron chi connectivity index (χ2n) is 3.71. The van der Waals surface area contributed by atoms with E-state index in [0.29, 0.717) is 0 Å². The molecule has 0 radical (unpaired) electrons. The van der Waals surface area contributed by atoms with E-state index in [0.717, 1.165) is 0 Å². The lowest BCUT2D eigenvalue weighted by Crippen LogP contribution is -2.51. The summed E-state index contributed by atoms with van der Waals surface area (Å²) >= 11 is 3.83. The number of aliphatic hydroxyl groups is 1. The minimum Gasteiger partial charge on any atom is -0.379 e. The minimum atomic E-state index is -4.85. The van der Waals surface area contributed by atoms with Crippen molar-refractivity contribution in [3.8, 4) is 0 Å². The molecule has 0 rings (SSSR count). The summed E-state index contributed by atoms with van der Waals surface area (Å²) in [5.74, 6) is -2.22. The number of hydrogen-bond acceptors (Lipinski definition) is 5. The van der Waals surface area contributed by atoms with Gasteiger partial charge in [-0.15, -0.1) is 0 Å². The Morgan fingerprint density at radius 3 is 1.94 bits per heavy atom. The second kappa shape index (κ2) is 5.06. The van der Waals surface area contributed by atoms with Gasteiger partial charge in [-0.2, -0.15) is 12.6 Å². The van der Waals surface area contributed by atoms with Crippen LogP contribution in [0.2, 0.25) is 0 Å². The fourth-order valence-electron chi connectivity index (χ4n) is 1.05. The van der Waals surface area contributed by atoms with Crippen LogP contribution in [0.15, 0.2) is 0 Å². The van der Waals surface area contributed by atoms with Crippen molar-refractivity contribution in [2.24, 2.45) is 5.73 Å². The van der Waals surface area contributed by atoms with Gasteiger partial charge in [-0.3, -0.25) is 9.13 Å². The maximum atomic E-state index is 10.7. The van der Waals surface area contributed by atoms with Crippen LogP contribution < -0.4 is 5.73 Å². The summed E-state index contributed by atoms with van der Waals surface area (Å²) in [6, 6.07) is -1.58. The fourth-order valence-corrected chi connectivity index (χ4v) is 3.66. The van der Waals surface area contributed by atoms with Crippen LogP contribution in [0.25, 0.3) is 0 Å². The van der Waals surface area contributed by atoms with Gasteiger partial charge in [0, 0.05) is 4.75 Å². The molecule has 7 N–H and O–H groups in total. The summed E-state index contributed by atoms with van der Waals surface area (Å²) in [6.45, 7) is 1.18. The number of hydrogen-bond donors (Lipinski definition) is 7. The molecular formula is C5H15NO7P2S. The Bertz CT molecular complexity index is 336. The molecule has 0 aromatic heterocycles. The molecule has 16 heavy (non-hydrogen) atoms. The van der Waals surface area contributed by atoms with E-state index in [1.54, 1.807) is 0 Å². The first-order valence-electron chi connectivity index (χ1n) is 4.03. The first-order chi connectivity index (χ1) is 6.77. The topological polar surface area (TPSA) is 161 Å². The molecule has 3 unspecified atom stereocenters. The van der Waals surface area contributed by atoms with Crippen molar-refractivity contribution in [1.82, 2.24) is 0 Å². The molecule has 0 aliphatic rings. The molecule has 98 valence electrons. The van der Waals surface area contributed by atoms with E-state index in [1.165, 1.54) is 6.92 Å². The summed E-state index contributed by atoms with van der Waals surface area (Å²) < 4.78 is 19.8. The third-order valence-electron chi connectivity index (χ3n) is 1.91. The highest BCUT2D eigenvalue weighted by atomic mass is 32.1. The smallest absolute Gasteiger partial charge is 0.355 e. The van der Waals surface area contributed by atoms with Crippen LogP contribution in [-0.2, 0) is 9.13 Å². The summed E-state index contributed by atoms with van der Waals surface area (Å²) in [4.78, 5) is 34.8. The standard InChI is InChI=1S/C5H15NO7P2S/c1-5(16,2-14(8,9)10)3(6)4(7)15(11,12)13/h3-4,7,16H,2,6H2,1H3,(H2,8,9,10)(H2,11,12,13). The summed E-state index contributed by atoms with van der Waals surface area (Å²) in [5, 5.41) is 9.20. The van der Waals surface area contributed by atoms with Crippen molar-refractivity contribution in [2.75, 3.05) is 6.16 Å². The highest BCUT2D eigenvalue weighted by Gasteiger charge is 2.44. The van der Waals surface area contributed by atoms with Gasteiger partial charge in [-0.25, -0.2) is 0 Å². The van der Waals surface area contributed by atoms with E-state index in [4.69, 9.17) is 25.3 Å². The van der Waals surface area contributed by atoms with Crippen LogP contribution in [0, 0.1) is 0 Å². The summed E-state index contributed by atoms with van der Waals surface area (Å²) in [5.41, 5.74) is 5.33. The van der Waals surface area contributed by atoms with Crippen LogP contribution in [0.5, 0.6) is 0 Å². The lowest BCUT2D eigenvalue weighted by Gasteiger charge is -2.33. The Balaban J connectivity index is 4.90. The molecule has 0 aliphatic heterocycles. The second-order valence-corrected chi connectivity index (χ2v) is 8.08. The molecule has 0 bridgehead atoms. The Morgan fingerprint density at radius 2 is 1.69 bits per heavy atom. The Kier molecular flexibility index (Phi) is 5.24. The van der Waals surface area contributed by atoms with Crippen LogP contribution in [0.1, 0.15) is 6.92 Å². The highest BCUT2D eigenvalue weighted by molar-refractivity contribution is 7.82. The molecule has 3 atom stereocenters. The van der Waals surface area contributed by atoms with Crippen molar-refractivity contribution < 1.29 is 33.8 Å². The van der Waals surface area contributed by atoms with Gasteiger partial charge < -0.3 is 30.4 Å². The largest absolute Gasteiger partial charge is 0.379 e. The zero-order chi connectivity index (χ0) is 13.4. The predicted octanol–water partition coefficient (Wildman–Crippen LogP) is -1.32. The quantitative estimate of drug-likeness (QED) is 0.242. The zero-order valence-electron chi connectivity index (χ0n) is 8.33. The number of rotatable bonds is 5. The highest BCUT2D eigenvalue weighted by Crippen LogP contribution is 2.47. The van der Waals surface area contributed by atoms with Crippen molar-refractivity contribution in [2.45, 2.75) is 23.6 Å². The Morgan fingerprint density at radius 1 is 1.31 bits per heavy atom. The molecule has 0 aliphatic carbocycles. The zero-order valence-corrected chi connectivity index (χ0v) is 11.0. The molecule has 11 heteroatoms. The van der Waals surface area contributed by atoms with Crippen LogP contribution in [-0.4, -0.2) is 47.5 Å². The maximum absolute atomic E-state index is 10.7. The van der Waals surface area contributed by atoms with Crippen LogP contribution >= 0.6 is 27.8 Å². The number of aliphatic hydroxyl groups excluding tert-OH is 1. The van der Waals surface area contributed by atoms with Crippen molar-refractivity contribution in [3.05, 3.63) is 0 Å². The predicted molar refractivity (Wildman–Crippen MR) is 60.3 cm³/mol. The average Bonchev–Trinajstić information content (AvgIpc) is 1.95. The van der Waals surface area contributed by atoms with Gasteiger partial charge in [0.15, 0.2) is 5.85 Å². The summed E-state index contributed by atoms with van der Waals surface area (Å²) in [6.07, 6.45) is -0.804. The average molecular weight is 295 g/mol. The third-order valence-corrected chi connectivity index (χ3v) is 4.70. The Labute approximate surface area is 97.6 Å². The molecule has 0 amide bonds. The van der Waals surface area contributed by atoms with Gasteiger partial charge in [0.1, 0.15) is 0 Å². The van der Waals surface area contributed by atoms with E-state index in [2.05, 4.69) is 12.6 Å². The van der Waals surface area contributed by atoms with Gasteiger partial charge in [0.25, 0.3) is 0 Å². The van der Waals surface area contributed by atoms with Gasteiger partial charge in [0.05, 0.1) is 12.2 Å². The molecule has 0 heterocycles. The lowest BCUT2D eigenvalue weighted by atomic mass is 10.1. The fraction of sp³-hybridized carbons (Fsp3) is 1.00. The molecule has 0 spiro atoms. The normalized spacial score (nSPS) is 21.2. The van der Waals surface area contributed by atoms with Gasteiger partial charge in [0.2, 0.25) is 0 Å². The van der Waals surface area contributed by atoms with E-state index in [9.17, 15) is 14.2 Å². The number of thiol groups is 1. The van der Waals surface area contributed by atoms with Gasteiger partial charge >= 0.3 is 15.2 Å². The molecule has 0 saturated heterocycles. The van der Waals surface area contributed by atoms with Crippen LogP contribution in [0.3, 0.4) is 0 Å². The monoisotopic (exact) mass is 295 g/mol. The molecule has 0 fully saturated rings. The van der Waals surface area contributed by atoms with E-state index < -0.39 is 38.0 Å². The number of nitrogens with two attached hydrogens (primary N) is 1. The molecular weight excluding hydrogens is 280 g/mol. The van der Waals surface area contributed by atoms with Crippen molar-refractivity contribution in [3.63, 3.8) is 0 Å². The molecule has 8 nitrogen and oxygen atoms in total. The lowest BCUT2D eigenvalue weighted by molar-refractivity contribution is 0.164. The van der Waals surface area contributed by atoms with E-state index in [1.807, 2.05) is 0 Å². The van der Waals surface area contributed by atoms with E-state index >= 15 is 0 Å². The SMILES string of the molecule is CC(S)(CP(=O)(O)O)C(N)C(O)P(=O)(O)O. The molecule has 0 saturated carbocycles. The third kappa shape index (κ3) is 5.27. The van der Waals surface area contributed by atoms with Gasteiger partial charge in [-0.05, 0) is 6.92 Å². The maximum Gasteiger partial charge on any atom is 0.355 e. The van der Waals surface area contributed by atoms with Gasteiger partial charge in [-0.1, -0.05) is 0 Å². The van der Waals surface area contributed by atoms with Crippen molar-refractivity contribution >= 4 is 27.8 Å². The first kappa shape index (κ1) is 16.6. The molecule has 0 aromatic carbocycles. The van der Waals surface area contributed by atoms with Crippen molar-refractivity contribution in [1.29, 1.82) is 0 Å². The Hall–Kier alpha value is 0.570. The minimum absolute atomic E-state index is 0.804. The van der Waals surface area contributed by atoms with Crippen LogP contribution in [0.4, 0.5) is 0 Å². The summed E-state index contributed by atoms with van der Waals surface area (Å²) in [7, 11) is -9.30. The first-order valence-corrected chi connectivity index (χ1v) is 7.96.